The number of nitrogens with zero attached hydrogens (tertiary/aromatic N) is 3. The van der Waals surface area contributed by atoms with Gasteiger partial charge in [0, 0.05) is 23.3 Å². The van der Waals surface area contributed by atoms with E-state index in [1.807, 2.05) is 0 Å². The van der Waals surface area contributed by atoms with E-state index in [2.05, 4.69) is 15.4 Å². The van der Waals surface area contributed by atoms with Crippen molar-refractivity contribution in [3.8, 4) is 11.3 Å². The molecule has 2 amide bonds. The molecule has 0 bridgehead atoms. The Morgan fingerprint density at radius 1 is 1.24 bits per heavy atom. The fourth-order valence-corrected chi connectivity index (χ4v) is 4.48. The number of anilines is 1. The van der Waals surface area contributed by atoms with Crippen molar-refractivity contribution in [3.05, 3.63) is 77.1 Å². The van der Waals surface area contributed by atoms with Crippen molar-refractivity contribution in [1.82, 2.24) is 14.8 Å². The number of nitrogens with one attached hydrogen (secondary N) is 1. The van der Waals surface area contributed by atoms with Crippen LogP contribution in [0.15, 0.2) is 63.9 Å². The summed E-state index contributed by atoms with van der Waals surface area (Å²) < 4.78 is 39.6. The molecule has 172 valence electrons. The number of hydrogen-bond acceptors (Lipinski definition) is 7. The van der Waals surface area contributed by atoms with E-state index in [1.165, 1.54) is 12.3 Å². The van der Waals surface area contributed by atoms with Crippen molar-refractivity contribution < 1.29 is 27.2 Å². The number of rotatable bonds is 7. The Hall–Kier alpha value is -4.32. The SMILES string of the molecule is NC(=O)c1sc2nc(C(F)F)cc(-c3ccco3)c2c1NC(=O)c1ccc(Cn2cccn2)o1. The van der Waals surface area contributed by atoms with Gasteiger partial charge in [-0.1, -0.05) is 0 Å². The minimum Gasteiger partial charge on any atom is -0.464 e. The van der Waals surface area contributed by atoms with Gasteiger partial charge in [-0.05, 0) is 36.4 Å². The number of fused-ring (bicyclic) bond motifs is 1. The molecule has 5 aromatic heterocycles. The van der Waals surface area contributed by atoms with Gasteiger partial charge in [0.05, 0.1) is 18.5 Å². The van der Waals surface area contributed by atoms with E-state index >= 15 is 0 Å². The average Bonchev–Trinajstić information content (AvgIpc) is 3.60. The van der Waals surface area contributed by atoms with Crippen LogP contribution in [0.3, 0.4) is 0 Å². The Kier molecular flexibility index (Phi) is 5.42. The first-order valence-electron chi connectivity index (χ1n) is 9.87. The molecule has 9 nitrogen and oxygen atoms in total. The highest BCUT2D eigenvalue weighted by molar-refractivity contribution is 7.21. The number of thiophene rings is 1. The zero-order chi connectivity index (χ0) is 23.8. The maximum Gasteiger partial charge on any atom is 0.291 e. The number of alkyl halides is 2. The molecule has 5 rings (SSSR count). The summed E-state index contributed by atoms with van der Waals surface area (Å²) in [5, 5.41) is 6.98. The van der Waals surface area contributed by atoms with Crippen molar-refractivity contribution >= 4 is 39.1 Å². The van der Waals surface area contributed by atoms with Gasteiger partial charge in [-0.15, -0.1) is 11.3 Å². The Labute approximate surface area is 193 Å². The molecule has 0 aliphatic rings. The van der Waals surface area contributed by atoms with Crippen molar-refractivity contribution in [2.75, 3.05) is 5.32 Å². The molecule has 0 aromatic carbocycles. The molecule has 0 saturated carbocycles. The van der Waals surface area contributed by atoms with Crippen LogP contribution in [0, 0.1) is 0 Å². The second-order valence-electron chi connectivity index (χ2n) is 7.15. The maximum absolute atomic E-state index is 13.5. The minimum atomic E-state index is -2.85. The van der Waals surface area contributed by atoms with E-state index in [-0.39, 0.29) is 37.9 Å². The Bertz CT molecular complexity index is 1490. The molecular formula is C22H15F2N5O4S. The highest BCUT2D eigenvalue weighted by Gasteiger charge is 2.26. The van der Waals surface area contributed by atoms with Crippen molar-refractivity contribution in [2.45, 2.75) is 13.0 Å². The average molecular weight is 483 g/mol. The monoisotopic (exact) mass is 483 g/mol. The van der Waals surface area contributed by atoms with Crippen LogP contribution in [0.4, 0.5) is 14.5 Å². The van der Waals surface area contributed by atoms with Crippen molar-refractivity contribution in [2.24, 2.45) is 5.73 Å². The lowest BCUT2D eigenvalue weighted by atomic mass is 10.1. The Morgan fingerprint density at radius 2 is 2.09 bits per heavy atom. The minimum absolute atomic E-state index is 0.0198. The fourth-order valence-electron chi connectivity index (χ4n) is 3.46. The van der Waals surface area contributed by atoms with Gasteiger partial charge in [-0.25, -0.2) is 13.8 Å². The zero-order valence-electron chi connectivity index (χ0n) is 17.2. The first-order chi connectivity index (χ1) is 16.4. The van der Waals surface area contributed by atoms with Crippen molar-refractivity contribution in [1.29, 1.82) is 0 Å². The van der Waals surface area contributed by atoms with Crippen LogP contribution in [0.25, 0.3) is 21.5 Å². The Balaban J connectivity index is 1.57. The number of pyridine rings is 1. The third-order valence-corrected chi connectivity index (χ3v) is 6.02. The summed E-state index contributed by atoms with van der Waals surface area (Å²) in [5.74, 6) is -0.774. The predicted octanol–water partition coefficient (Wildman–Crippen LogP) is 4.68. The lowest BCUT2D eigenvalue weighted by Crippen LogP contribution is -2.16. The zero-order valence-corrected chi connectivity index (χ0v) is 18.0. The highest BCUT2D eigenvalue weighted by Crippen LogP contribution is 2.42. The lowest BCUT2D eigenvalue weighted by Gasteiger charge is -2.09. The largest absolute Gasteiger partial charge is 0.464 e. The summed E-state index contributed by atoms with van der Waals surface area (Å²) in [6, 6.07) is 9.19. The van der Waals surface area contributed by atoms with Crippen LogP contribution in [-0.4, -0.2) is 26.6 Å². The molecule has 34 heavy (non-hydrogen) atoms. The molecular weight excluding hydrogens is 468 g/mol. The third kappa shape index (κ3) is 3.94. The van der Waals surface area contributed by atoms with Gasteiger partial charge in [0.25, 0.3) is 18.2 Å². The lowest BCUT2D eigenvalue weighted by molar-refractivity contribution is 0.0994. The van der Waals surface area contributed by atoms with Crippen LogP contribution in [0.1, 0.15) is 38.1 Å². The van der Waals surface area contributed by atoms with Gasteiger partial charge in [0.15, 0.2) is 5.76 Å². The van der Waals surface area contributed by atoms with Crippen LogP contribution in [0.5, 0.6) is 0 Å². The van der Waals surface area contributed by atoms with Crippen LogP contribution in [0.2, 0.25) is 0 Å². The molecule has 0 aliphatic heterocycles. The van der Waals surface area contributed by atoms with Gasteiger partial charge in [-0.3, -0.25) is 14.3 Å². The fraction of sp³-hybridized carbons (Fsp3) is 0.0909. The number of nitrogens with two attached hydrogens (primary N) is 1. The molecule has 0 saturated heterocycles. The molecule has 0 spiro atoms. The predicted molar refractivity (Wildman–Crippen MR) is 119 cm³/mol. The number of primary amides is 1. The van der Waals surface area contributed by atoms with E-state index in [0.717, 1.165) is 17.4 Å². The van der Waals surface area contributed by atoms with E-state index < -0.39 is 23.9 Å². The van der Waals surface area contributed by atoms with E-state index in [9.17, 15) is 18.4 Å². The summed E-state index contributed by atoms with van der Waals surface area (Å²) in [6.45, 7) is 0.317. The number of aromatic nitrogens is 3. The third-order valence-electron chi connectivity index (χ3n) is 4.92. The van der Waals surface area contributed by atoms with Crippen LogP contribution in [-0.2, 0) is 6.54 Å². The maximum atomic E-state index is 13.5. The molecule has 5 aromatic rings. The quantitative estimate of drug-likeness (QED) is 0.346. The normalized spacial score (nSPS) is 11.4. The topological polar surface area (TPSA) is 129 Å². The summed E-state index contributed by atoms with van der Waals surface area (Å²) in [6.07, 6.45) is 1.89. The van der Waals surface area contributed by atoms with Gasteiger partial charge in [-0.2, -0.15) is 5.10 Å². The summed E-state index contributed by atoms with van der Waals surface area (Å²) in [7, 11) is 0. The number of halogens is 2. The number of carbonyl (C=O) groups excluding carboxylic acids is 2. The number of furan rings is 2. The first-order valence-corrected chi connectivity index (χ1v) is 10.7. The van der Waals surface area contributed by atoms with E-state index in [1.54, 1.807) is 41.3 Å². The smallest absolute Gasteiger partial charge is 0.291 e. The van der Waals surface area contributed by atoms with Gasteiger partial charge in [0.2, 0.25) is 0 Å². The summed E-state index contributed by atoms with van der Waals surface area (Å²) in [5.41, 5.74) is 5.31. The molecule has 3 N–H and O–H groups in total. The van der Waals surface area contributed by atoms with E-state index in [0.29, 0.717) is 12.3 Å². The Morgan fingerprint density at radius 3 is 2.76 bits per heavy atom. The van der Waals surface area contributed by atoms with E-state index in [4.69, 9.17) is 14.6 Å². The van der Waals surface area contributed by atoms with Crippen LogP contribution < -0.4 is 11.1 Å². The van der Waals surface area contributed by atoms with Crippen LogP contribution >= 0.6 is 11.3 Å². The second kappa shape index (κ2) is 8.56. The summed E-state index contributed by atoms with van der Waals surface area (Å²) in [4.78, 5) is 29.2. The molecule has 0 fully saturated rings. The molecule has 12 heteroatoms. The number of carbonyl (C=O) groups is 2. The molecule has 0 atom stereocenters. The van der Waals surface area contributed by atoms with Crippen molar-refractivity contribution in [3.63, 3.8) is 0 Å². The highest BCUT2D eigenvalue weighted by atomic mass is 32.1. The van der Waals surface area contributed by atoms with Gasteiger partial charge in [0.1, 0.15) is 26.9 Å². The molecule has 5 heterocycles. The second-order valence-corrected chi connectivity index (χ2v) is 8.15. The van der Waals surface area contributed by atoms with Gasteiger partial charge < -0.3 is 19.9 Å². The molecule has 0 aliphatic carbocycles. The number of hydrogen-bond donors (Lipinski definition) is 2. The number of amides is 2. The van der Waals surface area contributed by atoms with Gasteiger partial charge >= 0.3 is 0 Å². The first kappa shape index (κ1) is 21.5. The molecule has 0 unspecified atom stereocenters. The molecule has 0 radical (unpaired) electrons. The summed E-state index contributed by atoms with van der Waals surface area (Å²) >= 11 is 0.803. The standard InChI is InChI=1S/C22H15F2N5O4S/c23-19(24)13-9-12(14-3-1-8-32-14)16-17(18(20(25)30)34-22(16)27-13)28-21(31)15-5-4-11(33-15)10-29-7-2-6-26-29/h1-9,19H,10H2,(H2,25,30)(H,28,31).